The number of rotatable bonds is 4. The molecule has 142 valence electrons. The second kappa shape index (κ2) is 8.17. The van der Waals surface area contributed by atoms with E-state index >= 15 is 0 Å². The van der Waals surface area contributed by atoms with E-state index < -0.39 is 0 Å². The van der Waals surface area contributed by atoms with Gasteiger partial charge >= 0.3 is 0 Å². The maximum Gasteiger partial charge on any atom is 0.220 e. The third kappa shape index (κ3) is 4.19. The van der Waals surface area contributed by atoms with Crippen molar-refractivity contribution in [2.75, 3.05) is 0 Å². The zero-order valence-corrected chi connectivity index (χ0v) is 15.9. The molecule has 0 spiro atoms. The number of pyridine rings is 2. The maximum atomic E-state index is 11.7. The lowest BCUT2D eigenvalue weighted by Gasteiger charge is -2.32. The van der Waals surface area contributed by atoms with Gasteiger partial charge in [-0.25, -0.2) is 0 Å². The van der Waals surface area contributed by atoms with Crippen molar-refractivity contribution in [1.29, 1.82) is 0 Å². The molecule has 0 aromatic carbocycles. The molecule has 27 heavy (non-hydrogen) atoms. The van der Waals surface area contributed by atoms with Crippen LogP contribution in [0.2, 0.25) is 0 Å². The number of hydrogen-bond donors (Lipinski definition) is 2. The first-order chi connectivity index (χ1) is 13.2. The van der Waals surface area contributed by atoms with E-state index in [9.17, 15) is 4.79 Å². The van der Waals surface area contributed by atoms with Crippen LogP contribution in [0.25, 0.3) is 0 Å². The van der Waals surface area contributed by atoms with Crippen molar-refractivity contribution in [1.82, 2.24) is 20.6 Å². The molecule has 2 aliphatic heterocycles. The first-order valence-corrected chi connectivity index (χ1v) is 10.1. The summed E-state index contributed by atoms with van der Waals surface area (Å²) in [6.45, 7) is 2.13. The number of hydrogen-bond acceptors (Lipinski definition) is 4. The molecule has 0 aliphatic carbocycles. The number of aromatic nitrogens is 2. The number of piperidine rings is 2. The molecule has 0 saturated carbocycles. The summed E-state index contributed by atoms with van der Waals surface area (Å²) in [4.78, 5) is 21.1. The van der Waals surface area contributed by atoms with Crippen LogP contribution >= 0.6 is 0 Å². The molecule has 0 bridgehead atoms. The molecule has 2 fully saturated rings. The first kappa shape index (κ1) is 18.1. The monoisotopic (exact) mass is 364 g/mol. The highest BCUT2D eigenvalue weighted by Gasteiger charge is 2.28. The van der Waals surface area contributed by atoms with Crippen LogP contribution in [-0.2, 0) is 11.2 Å². The van der Waals surface area contributed by atoms with Crippen LogP contribution in [0.15, 0.2) is 36.7 Å². The molecule has 4 rings (SSSR count). The van der Waals surface area contributed by atoms with Gasteiger partial charge in [0.25, 0.3) is 0 Å². The van der Waals surface area contributed by atoms with Crippen molar-refractivity contribution in [3.05, 3.63) is 59.2 Å². The Morgan fingerprint density at radius 3 is 2.52 bits per heavy atom. The third-order valence-electron chi connectivity index (χ3n) is 5.81. The maximum absolute atomic E-state index is 11.7. The summed E-state index contributed by atoms with van der Waals surface area (Å²) in [5.41, 5.74) is 4.78. The predicted octanol–water partition coefficient (Wildman–Crippen LogP) is 3.55. The first-order valence-electron chi connectivity index (χ1n) is 10.1. The summed E-state index contributed by atoms with van der Waals surface area (Å²) in [6.07, 6.45) is 10.7. The molecule has 0 radical (unpaired) electrons. The van der Waals surface area contributed by atoms with Crippen molar-refractivity contribution in [2.45, 2.75) is 70.0 Å². The van der Waals surface area contributed by atoms with E-state index in [-0.39, 0.29) is 24.0 Å². The molecule has 2 aromatic heterocycles. The molecule has 2 saturated heterocycles. The molecule has 2 aromatic rings. The highest BCUT2D eigenvalue weighted by molar-refractivity contribution is 5.77. The SMILES string of the molecule is Cc1cccnc1[C@@H]1CCC[C@H](c2ncccc2CC2CCCC(=O)N2)N1. The largest absolute Gasteiger partial charge is 0.353 e. The quantitative estimate of drug-likeness (QED) is 0.871. The second-order valence-electron chi connectivity index (χ2n) is 7.82. The number of carbonyl (C=O) groups is 1. The highest BCUT2D eigenvalue weighted by atomic mass is 16.1. The molecule has 4 heterocycles. The van der Waals surface area contributed by atoms with Gasteiger partial charge in [0.1, 0.15) is 0 Å². The normalized spacial score (nSPS) is 25.8. The van der Waals surface area contributed by atoms with Crippen molar-refractivity contribution in [3.8, 4) is 0 Å². The summed E-state index contributed by atoms with van der Waals surface area (Å²) in [5, 5.41) is 6.94. The Bertz CT molecular complexity index is 806. The lowest BCUT2D eigenvalue weighted by molar-refractivity contribution is -0.123. The Labute approximate surface area is 161 Å². The van der Waals surface area contributed by atoms with Crippen molar-refractivity contribution in [3.63, 3.8) is 0 Å². The average molecular weight is 364 g/mol. The second-order valence-corrected chi connectivity index (χ2v) is 7.82. The number of amides is 1. The van der Waals surface area contributed by atoms with Crippen LogP contribution in [0.1, 0.15) is 73.1 Å². The lowest BCUT2D eigenvalue weighted by Crippen LogP contribution is -2.40. The van der Waals surface area contributed by atoms with E-state index in [2.05, 4.69) is 34.7 Å². The number of aryl methyl sites for hydroxylation is 1. The van der Waals surface area contributed by atoms with E-state index in [1.165, 1.54) is 11.1 Å². The smallest absolute Gasteiger partial charge is 0.220 e. The summed E-state index contributed by atoms with van der Waals surface area (Å²) < 4.78 is 0. The standard InChI is InChI=1S/C22H28N4O/c1-15-6-4-12-23-21(15)18-9-3-10-19(26-18)22-16(7-5-13-24-22)14-17-8-2-11-20(27)25-17/h4-7,12-13,17-19,26H,2-3,8-11,14H2,1H3,(H,25,27)/t17?,18-,19+/m0/s1. The Morgan fingerprint density at radius 2 is 1.74 bits per heavy atom. The predicted molar refractivity (Wildman–Crippen MR) is 105 cm³/mol. The minimum absolute atomic E-state index is 0.179. The Balaban J connectivity index is 1.52. The van der Waals surface area contributed by atoms with Crippen LogP contribution in [0, 0.1) is 6.92 Å². The Kier molecular flexibility index (Phi) is 5.48. The van der Waals surface area contributed by atoms with Gasteiger partial charge in [0.15, 0.2) is 0 Å². The average Bonchev–Trinajstić information content (AvgIpc) is 2.69. The van der Waals surface area contributed by atoms with Gasteiger partial charge in [0, 0.05) is 24.9 Å². The van der Waals surface area contributed by atoms with Gasteiger partial charge in [0.2, 0.25) is 5.91 Å². The van der Waals surface area contributed by atoms with Gasteiger partial charge in [-0.1, -0.05) is 12.1 Å². The number of nitrogens with one attached hydrogen (secondary N) is 2. The summed E-state index contributed by atoms with van der Waals surface area (Å²) in [6, 6.07) is 9.04. The molecule has 5 nitrogen and oxygen atoms in total. The number of carbonyl (C=O) groups excluding carboxylic acids is 1. The van der Waals surface area contributed by atoms with Crippen molar-refractivity contribution >= 4 is 5.91 Å². The molecule has 1 amide bonds. The fraction of sp³-hybridized carbons (Fsp3) is 0.500. The van der Waals surface area contributed by atoms with E-state index in [1.807, 2.05) is 24.5 Å². The van der Waals surface area contributed by atoms with Crippen LogP contribution < -0.4 is 10.6 Å². The van der Waals surface area contributed by atoms with Gasteiger partial charge in [-0.2, -0.15) is 0 Å². The molecule has 2 aliphatic rings. The molecular weight excluding hydrogens is 336 g/mol. The van der Waals surface area contributed by atoms with Gasteiger partial charge < -0.3 is 10.6 Å². The Hall–Kier alpha value is -2.27. The fourth-order valence-electron chi connectivity index (χ4n) is 4.47. The van der Waals surface area contributed by atoms with Crippen LogP contribution in [0.5, 0.6) is 0 Å². The lowest BCUT2D eigenvalue weighted by atomic mass is 9.89. The van der Waals surface area contributed by atoms with E-state index in [0.717, 1.165) is 49.9 Å². The Morgan fingerprint density at radius 1 is 1.00 bits per heavy atom. The van der Waals surface area contributed by atoms with Gasteiger partial charge in [-0.15, -0.1) is 0 Å². The topological polar surface area (TPSA) is 66.9 Å². The summed E-state index contributed by atoms with van der Waals surface area (Å²) in [5.74, 6) is 0.179. The minimum Gasteiger partial charge on any atom is -0.353 e. The van der Waals surface area contributed by atoms with E-state index in [0.29, 0.717) is 6.42 Å². The highest BCUT2D eigenvalue weighted by Crippen LogP contribution is 2.33. The van der Waals surface area contributed by atoms with Crippen LogP contribution in [-0.4, -0.2) is 21.9 Å². The molecule has 5 heteroatoms. The molecule has 3 atom stereocenters. The van der Waals surface area contributed by atoms with Crippen LogP contribution in [0.3, 0.4) is 0 Å². The number of nitrogens with zero attached hydrogens (tertiary/aromatic N) is 2. The zero-order valence-electron chi connectivity index (χ0n) is 15.9. The molecule has 2 N–H and O–H groups in total. The molecule has 1 unspecified atom stereocenters. The van der Waals surface area contributed by atoms with Crippen molar-refractivity contribution in [2.24, 2.45) is 0 Å². The van der Waals surface area contributed by atoms with Crippen LogP contribution in [0.4, 0.5) is 0 Å². The third-order valence-corrected chi connectivity index (χ3v) is 5.81. The summed E-state index contributed by atoms with van der Waals surface area (Å²) >= 11 is 0. The fourth-order valence-corrected chi connectivity index (χ4v) is 4.47. The van der Waals surface area contributed by atoms with Gasteiger partial charge in [-0.05, 0) is 68.7 Å². The minimum atomic E-state index is 0.179. The zero-order chi connectivity index (χ0) is 18.6. The van der Waals surface area contributed by atoms with Gasteiger partial charge in [0.05, 0.1) is 23.5 Å². The van der Waals surface area contributed by atoms with Crippen molar-refractivity contribution < 1.29 is 4.79 Å². The molecular formula is C22H28N4O. The van der Waals surface area contributed by atoms with Gasteiger partial charge in [-0.3, -0.25) is 14.8 Å². The van der Waals surface area contributed by atoms with E-state index in [4.69, 9.17) is 4.98 Å². The van der Waals surface area contributed by atoms with E-state index in [1.54, 1.807) is 0 Å². The summed E-state index contributed by atoms with van der Waals surface area (Å²) in [7, 11) is 0.